The molecule has 0 unspecified atom stereocenters. The normalized spacial score (nSPS) is 23.5. The number of ether oxygens (including phenoxy) is 1. The average Bonchev–Trinajstić information content (AvgIpc) is 2.94. The van der Waals surface area contributed by atoms with E-state index in [0.717, 1.165) is 5.56 Å². The van der Waals surface area contributed by atoms with Crippen molar-refractivity contribution in [3.05, 3.63) is 35.9 Å². The Labute approximate surface area is 172 Å². The second-order valence-corrected chi connectivity index (χ2v) is 8.32. The van der Waals surface area contributed by atoms with E-state index >= 15 is 0 Å². The number of carbonyl (C=O) groups is 3. The summed E-state index contributed by atoms with van der Waals surface area (Å²) in [5, 5.41) is 2.98. The molecular weight excluding hydrogens is 370 g/mol. The van der Waals surface area contributed by atoms with Gasteiger partial charge in [0.1, 0.15) is 5.54 Å². The Morgan fingerprint density at radius 2 is 1.86 bits per heavy atom. The van der Waals surface area contributed by atoms with Crippen molar-refractivity contribution >= 4 is 17.9 Å². The fraction of sp³-hybridized carbons (Fsp3) is 0.591. The van der Waals surface area contributed by atoms with E-state index < -0.39 is 5.54 Å². The fourth-order valence-corrected chi connectivity index (χ4v) is 4.31. The molecule has 3 rings (SSSR count). The highest BCUT2D eigenvalue weighted by atomic mass is 16.5. The molecule has 29 heavy (non-hydrogen) atoms. The number of urea groups is 1. The number of likely N-dealkylation sites (tertiary alicyclic amines) is 1. The molecule has 1 N–H and O–H groups in total. The van der Waals surface area contributed by atoms with Gasteiger partial charge in [-0.15, -0.1) is 0 Å². The smallest absolute Gasteiger partial charge is 0.326 e. The maximum Gasteiger partial charge on any atom is 0.326 e. The minimum Gasteiger partial charge on any atom is -0.466 e. The largest absolute Gasteiger partial charge is 0.466 e. The topological polar surface area (TPSA) is 79.0 Å². The molecule has 0 saturated carbocycles. The van der Waals surface area contributed by atoms with Gasteiger partial charge in [0.25, 0.3) is 5.91 Å². The summed E-state index contributed by atoms with van der Waals surface area (Å²) in [5.41, 5.74) is -0.203. The highest BCUT2D eigenvalue weighted by Crippen LogP contribution is 2.35. The standard InChI is InChI=1S/C22H31N3O4/c1-4-29-19(26)17-10-12-24(13-11-17)15-25-20(27)22(14-16(2)3,23-21(25)28)18-8-6-5-7-9-18/h5-9,16-17H,4,10-15H2,1-3H3,(H,23,28)/t22-/m0/s1. The molecule has 3 amide bonds. The Kier molecular flexibility index (Phi) is 6.57. The van der Waals surface area contributed by atoms with Gasteiger partial charge in [-0.05, 0) is 37.7 Å². The maximum absolute atomic E-state index is 13.4. The first-order valence-electron chi connectivity index (χ1n) is 10.5. The summed E-state index contributed by atoms with van der Waals surface area (Å²) < 4.78 is 5.11. The van der Waals surface area contributed by atoms with Gasteiger partial charge < -0.3 is 10.1 Å². The van der Waals surface area contributed by atoms with E-state index in [-0.39, 0.29) is 36.4 Å². The number of rotatable bonds is 7. The molecule has 158 valence electrons. The Hall–Kier alpha value is -2.41. The lowest BCUT2D eigenvalue weighted by Gasteiger charge is -2.33. The molecule has 0 radical (unpaired) electrons. The number of amides is 3. The number of nitrogens with one attached hydrogen (secondary N) is 1. The molecule has 7 nitrogen and oxygen atoms in total. The third kappa shape index (κ3) is 4.45. The minimum absolute atomic E-state index is 0.0985. The summed E-state index contributed by atoms with van der Waals surface area (Å²) in [7, 11) is 0. The number of carbonyl (C=O) groups excluding carboxylic acids is 3. The van der Waals surface area contributed by atoms with Crippen LogP contribution < -0.4 is 5.32 Å². The molecule has 2 aliphatic heterocycles. The SMILES string of the molecule is CCOC(=O)C1CCN(CN2C(=O)N[C@@](CC(C)C)(c3ccccc3)C2=O)CC1. The monoisotopic (exact) mass is 401 g/mol. The maximum atomic E-state index is 13.4. The zero-order valence-electron chi connectivity index (χ0n) is 17.5. The van der Waals surface area contributed by atoms with Gasteiger partial charge >= 0.3 is 12.0 Å². The minimum atomic E-state index is -1.02. The highest BCUT2D eigenvalue weighted by Gasteiger charge is 2.52. The summed E-state index contributed by atoms with van der Waals surface area (Å²) in [5.74, 6) is -0.213. The van der Waals surface area contributed by atoms with Crippen molar-refractivity contribution in [2.75, 3.05) is 26.4 Å². The molecule has 1 atom stereocenters. The van der Waals surface area contributed by atoms with E-state index in [1.54, 1.807) is 6.92 Å². The van der Waals surface area contributed by atoms with Crippen molar-refractivity contribution in [2.24, 2.45) is 11.8 Å². The van der Waals surface area contributed by atoms with Crippen molar-refractivity contribution in [3.63, 3.8) is 0 Å². The van der Waals surface area contributed by atoms with Crippen LogP contribution in [0.15, 0.2) is 30.3 Å². The number of nitrogens with zero attached hydrogens (tertiary/aromatic N) is 2. The van der Waals surface area contributed by atoms with Gasteiger partial charge in [-0.3, -0.25) is 14.5 Å². The van der Waals surface area contributed by atoms with Gasteiger partial charge in [0.05, 0.1) is 19.2 Å². The van der Waals surface area contributed by atoms with Crippen molar-refractivity contribution < 1.29 is 19.1 Å². The molecule has 2 heterocycles. The number of esters is 1. The lowest BCUT2D eigenvalue weighted by molar-refractivity contribution is -0.150. The molecule has 7 heteroatoms. The lowest BCUT2D eigenvalue weighted by Crippen LogP contribution is -2.48. The molecule has 1 aromatic rings. The summed E-state index contributed by atoms with van der Waals surface area (Å²) in [6.07, 6.45) is 1.90. The van der Waals surface area contributed by atoms with E-state index in [0.29, 0.717) is 39.0 Å². The number of hydrogen-bond acceptors (Lipinski definition) is 5. The Morgan fingerprint density at radius 3 is 2.45 bits per heavy atom. The van der Waals surface area contributed by atoms with Gasteiger partial charge in [0, 0.05) is 13.1 Å². The van der Waals surface area contributed by atoms with Gasteiger partial charge in [-0.2, -0.15) is 0 Å². The highest BCUT2D eigenvalue weighted by molar-refractivity contribution is 6.07. The van der Waals surface area contributed by atoms with Crippen LogP contribution in [0.3, 0.4) is 0 Å². The first-order valence-corrected chi connectivity index (χ1v) is 10.5. The summed E-state index contributed by atoms with van der Waals surface area (Å²) in [6, 6.07) is 9.12. The molecule has 0 aliphatic carbocycles. The summed E-state index contributed by atoms with van der Waals surface area (Å²) >= 11 is 0. The van der Waals surface area contributed by atoms with Crippen LogP contribution in [0.1, 0.15) is 45.6 Å². The van der Waals surface area contributed by atoms with E-state index in [2.05, 4.69) is 10.2 Å². The molecule has 2 saturated heterocycles. The molecule has 2 fully saturated rings. The van der Waals surface area contributed by atoms with Crippen LogP contribution in [0.4, 0.5) is 4.79 Å². The molecular formula is C22H31N3O4. The number of hydrogen-bond donors (Lipinski definition) is 1. The first-order chi connectivity index (χ1) is 13.9. The second-order valence-electron chi connectivity index (χ2n) is 8.32. The van der Waals surface area contributed by atoms with Crippen molar-refractivity contribution in [1.82, 2.24) is 15.1 Å². The van der Waals surface area contributed by atoms with Crippen LogP contribution in [0.25, 0.3) is 0 Å². The number of imide groups is 1. The molecule has 0 bridgehead atoms. The Bertz CT molecular complexity index is 744. The molecule has 0 spiro atoms. The van der Waals surface area contributed by atoms with Crippen molar-refractivity contribution in [2.45, 2.75) is 45.6 Å². The van der Waals surface area contributed by atoms with E-state index in [1.807, 2.05) is 44.2 Å². The van der Waals surface area contributed by atoms with Crippen molar-refractivity contribution in [1.29, 1.82) is 0 Å². The summed E-state index contributed by atoms with van der Waals surface area (Å²) in [4.78, 5) is 41.5. The third-order valence-corrected chi connectivity index (χ3v) is 5.71. The Morgan fingerprint density at radius 1 is 1.21 bits per heavy atom. The zero-order chi connectivity index (χ0) is 21.0. The molecule has 2 aliphatic rings. The van der Waals surface area contributed by atoms with Gasteiger partial charge in [-0.25, -0.2) is 9.69 Å². The predicted octanol–water partition coefficient (Wildman–Crippen LogP) is 2.71. The van der Waals surface area contributed by atoms with Gasteiger partial charge in [0.2, 0.25) is 0 Å². The second kappa shape index (κ2) is 8.95. The lowest BCUT2D eigenvalue weighted by atomic mass is 9.82. The first kappa shape index (κ1) is 21.3. The van der Waals surface area contributed by atoms with Crippen LogP contribution in [-0.2, 0) is 19.9 Å². The third-order valence-electron chi connectivity index (χ3n) is 5.71. The number of benzene rings is 1. The number of piperidine rings is 1. The van der Waals surface area contributed by atoms with E-state index in [1.165, 1.54) is 4.90 Å². The van der Waals surface area contributed by atoms with E-state index in [9.17, 15) is 14.4 Å². The average molecular weight is 402 g/mol. The molecule has 1 aromatic carbocycles. The Balaban J connectivity index is 1.71. The predicted molar refractivity (Wildman–Crippen MR) is 109 cm³/mol. The zero-order valence-corrected chi connectivity index (χ0v) is 17.5. The quantitative estimate of drug-likeness (QED) is 0.561. The van der Waals surface area contributed by atoms with Gasteiger partial charge in [0.15, 0.2) is 0 Å². The van der Waals surface area contributed by atoms with Gasteiger partial charge in [-0.1, -0.05) is 44.2 Å². The van der Waals surface area contributed by atoms with Crippen LogP contribution >= 0.6 is 0 Å². The van der Waals surface area contributed by atoms with Crippen LogP contribution in [0.2, 0.25) is 0 Å². The van der Waals surface area contributed by atoms with E-state index in [4.69, 9.17) is 4.74 Å². The molecule has 0 aromatic heterocycles. The van der Waals surface area contributed by atoms with Crippen LogP contribution in [0, 0.1) is 11.8 Å². The van der Waals surface area contributed by atoms with Crippen LogP contribution in [-0.4, -0.2) is 54.1 Å². The van der Waals surface area contributed by atoms with Crippen LogP contribution in [0.5, 0.6) is 0 Å². The summed E-state index contributed by atoms with van der Waals surface area (Å²) in [6.45, 7) is 7.85. The van der Waals surface area contributed by atoms with Crippen molar-refractivity contribution in [3.8, 4) is 0 Å². The fourth-order valence-electron chi connectivity index (χ4n) is 4.31.